The number of aliphatic carboxylic acids is 1. The Morgan fingerprint density at radius 1 is 1.00 bits per heavy atom. The molecule has 0 unspecified atom stereocenters. The molecule has 2 fully saturated rings. The van der Waals surface area contributed by atoms with Crippen LogP contribution in [0.25, 0.3) is 0 Å². The van der Waals surface area contributed by atoms with Crippen molar-refractivity contribution in [2.24, 2.45) is 5.41 Å². The maximum Gasteiger partial charge on any atom is 0.309 e. The van der Waals surface area contributed by atoms with E-state index in [0.29, 0.717) is 39.0 Å². The predicted octanol–water partition coefficient (Wildman–Crippen LogP) is 0.904. The van der Waals surface area contributed by atoms with Crippen molar-refractivity contribution in [1.29, 1.82) is 0 Å². The third-order valence-corrected chi connectivity index (χ3v) is 6.35. The quantitative estimate of drug-likeness (QED) is 0.838. The smallest absolute Gasteiger partial charge is 0.309 e. The van der Waals surface area contributed by atoms with Crippen LogP contribution in [0.2, 0.25) is 0 Å². The standard InChI is InChI=1S/C12H22N2O4S/c1-12(11(15)16)5-9-14(10-6-12)19(17,18)13-7-3-2-4-8-13/h2-10H2,1H3,(H,15,16). The van der Waals surface area contributed by atoms with Gasteiger partial charge in [-0.1, -0.05) is 6.42 Å². The van der Waals surface area contributed by atoms with Crippen molar-refractivity contribution in [3.05, 3.63) is 0 Å². The van der Waals surface area contributed by atoms with Gasteiger partial charge in [0.25, 0.3) is 10.2 Å². The fourth-order valence-electron chi connectivity index (χ4n) is 2.68. The van der Waals surface area contributed by atoms with E-state index in [1.54, 1.807) is 11.2 Å². The molecule has 0 aromatic heterocycles. The molecule has 6 nitrogen and oxygen atoms in total. The molecule has 7 heteroatoms. The van der Waals surface area contributed by atoms with Crippen LogP contribution in [0, 0.1) is 5.41 Å². The molecule has 0 radical (unpaired) electrons. The van der Waals surface area contributed by atoms with Gasteiger partial charge in [0.1, 0.15) is 0 Å². The largest absolute Gasteiger partial charge is 0.481 e. The fraction of sp³-hybridized carbons (Fsp3) is 0.917. The van der Waals surface area contributed by atoms with E-state index >= 15 is 0 Å². The molecule has 0 aromatic carbocycles. The molecule has 2 aliphatic heterocycles. The van der Waals surface area contributed by atoms with Crippen LogP contribution in [-0.4, -0.2) is 54.3 Å². The Morgan fingerprint density at radius 3 is 1.95 bits per heavy atom. The van der Waals surface area contributed by atoms with E-state index < -0.39 is 21.6 Å². The van der Waals surface area contributed by atoms with Crippen molar-refractivity contribution in [3.63, 3.8) is 0 Å². The summed E-state index contributed by atoms with van der Waals surface area (Å²) in [5, 5.41) is 9.16. The Balaban J connectivity index is 2.02. The molecule has 2 rings (SSSR count). The number of hydrogen-bond donors (Lipinski definition) is 1. The molecule has 2 aliphatic rings. The highest BCUT2D eigenvalue weighted by Gasteiger charge is 2.41. The molecule has 2 saturated heterocycles. The highest BCUT2D eigenvalue weighted by Crippen LogP contribution is 2.33. The van der Waals surface area contributed by atoms with Gasteiger partial charge in [-0.15, -0.1) is 0 Å². The zero-order chi connectivity index (χ0) is 14.1. The number of piperidine rings is 2. The Kier molecular flexibility index (Phi) is 4.17. The number of nitrogens with zero attached hydrogens (tertiary/aromatic N) is 2. The van der Waals surface area contributed by atoms with E-state index in [-0.39, 0.29) is 0 Å². The zero-order valence-electron chi connectivity index (χ0n) is 11.3. The summed E-state index contributed by atoms with van der Waals surface area (Å²) in [5.74, 6) is -0.831. The third kappa shape index (κ3) is 2.93. The Hall–Kier alpha value is -0.660. The Labute approximate surface area is 114 Å². The molecule has 0 aromatic rings. The Bertz CT molecular complexity index is 435. The number of rotatable bonds is 3. The lowest BCUT2D eigenvalue weighted by Crippen LogP contribution is -2.51. The number of carbonyl (C=O) groups is 1. The van der Waals surface area contributed by atoms with Gasteiger partial charge in [-0.3, -0.25) is 4.79 Å². The topological polar surface area (TPSA) is 77.9 Å². The second kappa shape index (κ2) is 5.38. The van der Waals surface area contributed by atoms with Crippen LogP contribution in [0.3, 0.4) is 0 Å². The predicted molar refractivity (Wildman–Crippen MR) is 70.9 cm³/mol. The van der Waals surface area contributed by atoms with Crippen LogP contribution in [0.4, 0.5) is 0 Å². The van der Waals surface area contributed by atoms with Crippen LogP contribution in [-0.2, 0) is 15.0 Å². The van der Waals surface area contributed by atoms with Gasteiger partial charge >= 0.3 is 5.97 Å². The van der Waals surface area contributed by atoms with Crippen molar-refractivity contribution in [3.8, 4) is 0 Å². The number of carboxylic acid groups (broad SMARTS) is 1. The average Bonchev–Trinajstić information content (AvgIpc) is 2.40. The first-order valence-electron chi connectivity index (χ1n) is 6.85. The highest BCUT2D eigenvalue weighted by molar-refractivity contribution is 7.86. The molecule has 0 aliphatic carbocycles. The maximum atomic E-state index is 12.4. The lowest BCUT2D eigenvalue weighted by atomic mass is 9.81. The van der Waals surface area contributed by atoms with Gasteiger partial charge in [0.05, 0.1) is 5.41 Å². The SMILES string of the molecule is CC1(C(=O)O)CCN(S(=O)(=O)N2CCCCC2)CC1. The second-order valence-electron chi connectivity index (χ2n) is 5.73. The summed E-state index contributed by atoms with van der Waals surface area (Å²) in [7, 11) is -3.39. The molecule has 0 bridgehead atoms. The van der Waals surface area contributed by atoms with Crippen LogP contribution >= 0.6 is 0 Å². The number of hydrogen-bond acceptors (Lipinski definition) is 3. The lowest BCUT2D eigenvalue weighted by Gasteiger charge is -2.38. The van der Waals surface area contributed by atoms with E-state index in [0.717, 1.165) is 19.3 Å². The summed E-state index contributed by atoms with van der Waals surface area (Å²) in [6.07, 6.45) is 3.69. The molecule has 2 heterocycles. The molecule has 1 N–H and O–H groups in total. The Morgan fingerprint density at radius 2 is 1.47 bits per heavy atom. The van der Waals surface area contributed by atoms with Crippen molar-refractivity contribution >= 4 is 16.2 Å². The normalized spacial score (nSPS) is 26.2. The van der Waals surface area contributed by atoms with Crippen molar-refractivity contribution in [1.82, 2.24) is 8.61 Å². The van der Waals surface area contributed by atoms with Crippen LogP contribution in [0.5, 0.6) is 0 Å². The highest BCUT2D eigenvalue weighted by atomic mass is 32.2. The van der Waals surface area contributed by atoms with Crippen LogP contribution < -0.4 is 0 Å². The summed E-state index contributed by atoms with van der Waals surface area (Å²) in [5.41, 5.74) is -0.784. The summed E-state index contributed by atoms with van der Waals surface area (Å²) >= 11 is 0. The minimum absolute atomic E-state index is 0.307. The van der Waals surface area contributed by atoms with E-state index in [1.807, 2.05) is 0 Å². The maximum absolute atomic E-state index is 12.4. The molecular formula is C12H22N2O4S. The molecule has 0 amide bonds. The molecule has 0 spiro atoms. The zero-order valence-corrected chi connectivity index (χ0v) is 12.2. The van der Waals surface area contributed by atoms with Gasteiger partial charge < -0.3 is 5.11 Å². The van der Waals surface area contributed by atoms with Gasteiger partial charge in [0, 0.05) is 26.2 Å². The summed E-state index contributed by atoms with van der Waals surface area (Å²) < 4.78 is 27.8. The van der Waals surface area contributed by atoms with E-state index in [2.05, 4.69) is 0 Å². The molecule has 19 heavy (non-hydrogen) atoms. The first kappa shape index (κ1) is 14.7. The van der Waals surface area contributed by atoms with E-state index in [1.165, 1.54) is 4.31 Å². The number of carboxylic acids is 1. The third-order valence-electron chi connectivity index (χ3n) is 4.31. The summed E-state index contributed by atoms with van der Waals surface area (Å²) in [4.78, 5) is 11.2. The van der Waals surface area contributed by atoms with Gasteiger partial charge in [-0.05, 0) is 32.6 Å². The minimum Gasteiger partial charge on any atom is -0.481 e. The molecular weight excluding hydrogens is 268 g/mol. The van der Waals surface area contributed by atoms with Gasteiger partial charge in [0.15, 0.2) is 0 Å². The van der Waals surface area contributed by atoms with E-state index in [9.17, 15) is 13.2 Å². The molecule has 0 atom stereocenters. The first-order chi connectivity index (χ1) is 8.86. The van der Waals surface area contributed by atoms with Crippen LogP contribution in [0.1, 0.15) is 39.0 Å². The molecule has 0 saturated carbocycles. The average molecular weight is 290 g/mol. The minimum atomic E-state index is -3.39. The monoisotopic (exact) mass is 290 g/mol. The second-order valence-corrected chi connectivity index (χ2v) is 7.66. The lowest BCUT2D eigenvalue weighted by molar-refractivity contribution is -0.150. The summed E-state index contributed by atoms with van der Waals surface area (Å²) in [6, 6.07) is 0. The fourth-order valence-corrected chi connectivity index (χ4v) is 4.37. The van der Waals surface area contributed by atoms with Crippen molar-refractivity contribution in [2.75, 3.05) is 26.2 Å². The van der Waals surface area contributed by atoms with Crippen molar-refractivity contribution in [2.45, 2.75) is 39.0 Å². The van der Waals surface area contributed by atoms with Crippen LogP contribution in [0.15, 0.2) is 0 Å². The van der Waals surface area contributed by atoms with E-state index in [4.69, 9.17) is 5.11 Å². The molecule has 110 valence electrons. The van der Waals surface area contributed by atoms with Gasteiger partial charge in [0.2, 0.25) is 0 Å². The van der Waals surface area contributed by atoms with Crippen molar-refractivity contribution < 1.29 is 18.3 Å². The van der Waals surface area contributed by atoms with Gasteiger partial charge in [-0.2, -0.15) is 17.0 Å². The van der Waals surface area contributed by atoms with Gasteiger partial charge in [-0.25, -0.2) is 0 Å². The first-order valence-corrected chi connectivity index (χ1v) is 8.25. The summed E-state index contributed by atoms with van der Waals surface area (Å²) in [6.45, 7) is 3.49.